The Bertz CT molecular complexity index is 562. The topological polar surface area (TPSA) is 54.1 Å². The van der Waals surface area contributed by atoms with Crippen LogP contribution >= 0.6 is 0 Å². The lowest BCUT2D eigenvalue weighted by molar-refractivity contribution is -0.143. The molecule has 0 aliphatic carbocycles. The minimum absolute atomic E-state index is 0.202. The summed E-state index contributed by atoms with van der Waals surface area (Å²) < 4.78 is 4.89. The Kier molecular flexibility index (Phi) is 5.18. The number of para-hydroxylation sites is 1. The molecule has 0 aliphatic heterocycles. The van der Waals surface area contributed by atoms with Crippen molar-refractivity contribution in [3.63, 3.8) is 0 Å². The highest BCUT2D eigenvalue weighted by molar-refractivity contribution is 5.84. The van der Waals surface area contributed by atoms with E-state index >= 15 is 0 Å². The molecule has 0 aliphatic rings. The first kappa shape index (κ1) is 14.6. The van der Waals surface area contributed by atoms with Crippen LogP contribution in [0.4, 0.5) is 0 Å². The fourth-order valence-electron chi connectivity index (χ4n) is 2.35. The molecule has 0 saturated carbocycles. The van der Waals surface area contributed by atoms with Gasteiger partial charge < -0.3 is 15.0 Å². The van der Waals surface area contributed by atoms with Crippen LogP contribution in [0.3, 0.4) is 0 Å². The molecule has 108 valence electrons. The number of H-pyrrole nitrogens is 1. The van der Waals surface area contributed by atoms with Gasteiger partial charge in [0.05, 0.1) is 7.11 Å². The number of hydrogen-bond donors (Lipinski definition) is 2. The van der Waals surface area contributed by atoms with Crippen molar-refractivity contribution in [2.24, 2.45) is 0 Å². The minimum Gasteiger partial charge on any atom is -0.468 e. The van der Waals surface area contributed by atoms with Gasteiger partial charge in [-0.1, -0.05) is 31.5 Å². The van der Waals surface area contributed by atoms with Gasteiger partial charge in [0, 0.05) is 23.5 Å². The van der Waals surface area contributed by atoms with Crippen molar-refractivity contribution in [1.29, 1.82) is 0 Å². The van der Waals surface area contributed by atoms with E-state index in [4.69, 9.17) is 4.74 Å². The zero-order valence-electron chi connectivity index (χ0n) is 12.1. The standard InChI is InChI=1S/C16H22N2O2/c1-3-4-9-17-15(16(19)20-2)10-12-11-18-14-8-6-5-7-13(12)14/h5-8,11,15,17-18H,3-4,9-10H2,1-2H3/t15-/m0/s1. The molecule has 0 radical (unpaired) electrons. The van der Waals surface area contributed by atoms with Crippen LogP contribution in [0.1, 0.15) is 25.3 Å². The molecule has 1 atom stereocenters. The predicted molar refractivity (Wildman–Crippen MR) is 80.7 cm³/mol. The Morgan fingerprint density at radius 2 is 2.20 bits per heavy atom. The van der Waals surface area contributed by atoms with Crippen LogP contribution in [0.15, 0.2) is 30.5 Å². The van der Waals surface area contributed by atoms with Gasteiger partial charge in [-0.15, -0.1) is 0 Å². The maximum atomic E-state index is 11.9. The van der Waals surface area contributed by atoms with Crippen LogP contribution in [0.25, 0.3) is 10.9 Å². The number of unbranched alkanes of at least 4 members (excludes halogenated alkanes) is 1. The highest BCUT2D eigenvalue weighted by atomic mass is 16.5. The van der Waals surface area contributed by atoms with Gasteiger partial charge >= 0.3 is 5.97 Å². The lowest BCUT2D eigenvalue weighted by atomic mass is 10.0. The van der Waals surface area contributed by atoms with E-state index in [1.807, 2.05) is 24.4 Å². The van der Waals surface area contributed by atoms with E-state index in [-0.39, 0.29) is 12.0 Å². The number of benzene rings is 1. The maximum Gasteiger partial charge on any atom is 0.323 e. The first-order valence-corrected chi connectivity index (χ1v) is 7.12. The Morgan fingerprint density at radius 3 is 2.95 bits per heavy atom. The van der Waals surface area contributed by atoms with Gasteiger partial charge in [-0.3, -0.25) is 4.79 Å². The van der Waals surface area contributed by atoms with Gasteiger partial charge in [0.2, 0.25) is 0 Å². The molecule has 0 bridgehead atoms. The lowest BCUT2D eigenvalue weighted by Crippen LogP contribution is -2.39. The van der Waals surface area contributed by atoms with Crippen LogP contribution in [0.5, 0.6) is 0 Å². The number of rotatable bonds is 7. The summed E-state index contributed by atoms with van der Waals surface area (Å²) in [5.41, 5.74) is 2.24. The number of esters is 1. The zero-order chi connectivity index (χ0) is 14.4. The van der Waals surface area contributed by atoms with Crippen molar-refractivity contribution in [3.05, 3.63) is 36.0 Å². The smallest absolute Gasteiger partial charge is 0.323 e. The van der Waals surface area contributed by atoms with Gasteiger partial charge in [-0.25, -0.2) is 0 Å². The van der Waals surface area contributed by atoms with E-state index in [9.17, 15) is 4.79 Å². The van der Waals surface area contributed by atoms with Gasteiger partial charge in [0.15, 0.2) is 0 Å². The molecule has 2 aromatic rings. The summed E-state index contributed by atoms with van der Waals surface area (Å²) in [6.07, 6.45) is 4.78. The van der Waals surface area contributed by atoms with Crippen molar-refractivity contribution in [2.75, 3.05) is 13.7 Å². The molecule has 4 nitrogen and oxygen atoms in total. The van der Waals surface area contributed by atoms with E-state index in [0.717, 1.165) is 30.5 Å². The Hall–Kier alpha value is -1.81. The molecule has 0 unspecified atom stereocenters. The largest absolute Gasteiger partial charge is 0.468 e. The molecule has 2 N–H and O–H groups in total. The fraction of sp³-hybridized carbons (Fsp3) is 0.438. The van der Waals surface area contributed by atoms with Gasteiger partial charge in [0.25, 0.3) is 0 Å². The zero-order valence-corrected chi connectivity index (χ0v) is 12.1. The molecule has 0 spiro atoms. The molecular weight excluding hydrogens is 252 g/mol. The number of ether oxygens (including phenoxy) is 1. The highest BCUT2D eigenvalue weighted by Crippen LogP contribution is 2.19. The number of nitrogens with one attached hydrogen (secondary N) is 2. The summed E-state index contributed by atoms with van der Waals surface area (Å²) >= 11 is 0. The van der Waals surface area contributed by atoms with E-state index in [1.54, 1.807) is 0 Å². The van der Waals surface area contributed by atoms with Crippen LogP contribution in [0, 0.1) is 0 Å². The second-order valence-electron chi connectivity index (χ2n) is 4.95. The van der Waals surface area contributed by atoms with E-state index in [1.165, 1.54) is 12.5 Å². The third-order valence-electron chi connectivity index (χ3n) is 3.51. The number of aromatic amines is 1. The number of fused-ring (bicyclic) bond motifs is 1. The first-order valence-electron chi connectivity index (χ1n) is 7.12. The molecule has 4 heteroatoms. The van der Waals surface area contributed by atoms with E-state index in [0.29, 0.717) is 6.42 Å². The van der Waals surface area contributed by atoms with Crippen molar-refractivity contribution in [1.82, 2.24) is 10.3 Å². The van der Waals surface area contributed by atoms with Crippen LogP contribution < -0.4 is 5.32 Å². The molecule has 2 rings (SSSR count). The second kappa shape index (κ2) is 7.10. The fourth-order valence-corrected chi connectivity index (χ4v) is 2.35. The van der Waals surface area contributed by atoms with E-state index in [2.05, 4.69) is 23.3 Å². The number of methoxy groups -OCH3 is 1. The monoisotopic (exact) mass is 274 g/mol. The molecule has 1 heterocycles. The van der Waals surface area contributed by atoms with Crippen LogP contribution in [-0.4, -0.2) is 30.6 Å². The summed E-state index contributed by atoms with van der Waals surface area (Å²) in [6, 6.07) is 7.83. The Labute approximate surface area is 119 Å². The third-order valence-corrected chi connectivity index (χ3v) is 3.51. The molecule has 0 amide bonds. The average Bonchev–Trinajstić information content (AvgIpc) is 2.89. The maximum absolute atomic E-state index is 11.9. The van der Waals surface area contributed by atoms with E-state index < -0.39 is 0 Å². The summed E-state index contributed by atoms with van der Waals surface area (Å²) in [5.74, 6) is -0.202. The summed E-state index contributed by atoms with van der Waals surface area (Å²) in [6.45, 7) is 2.97. The number of carbonyl (C=O) groups excluding carboxylic acids is 1. The SMILES string of the molecule is CCCCN[C@@H](Cc1c[nH]c2ccccc12)C(=O)OC. The average molecular weight is 274 g/mol. The molecule has 0 fully saturated rings. The number of aromatic nitrogens is 1. The molecular formula is C16H22N2O2. The summed E-state index contributed by atoms with van der Waals surface area (Å²) in [4.78, 5) is 15.1. The molecule has 0 saturated heterocycles. The van der Waals surface area contributed by atoms with Crippen LogP contribution in [-0.2, 0) is 16.0 Å². The molecule has 1 aromatic carbocycles. The number of hydrogen-bond acceptors (Lipinski definition) is 3. The van der Waals surface area contributed by atoms with Gasteiger partial charge in [0.1, 0.15) is 6.04 Å². The summed E-state index contributed by atoms with van der Waals surface area (Å²) in [7, 11) is 1.44. The van der Waals surface area contributed by atoms with Crippen molar-refractivity contribution < 1.29 is 9.53 Å². The predicted octanol–water partition coefficient (Wildman–Crippen LogP) is 2.64. The Morgan fingerprint density at radius 1 is 1.40 bits per heavy atom. The molecule has 1 aromatic heterocycles. The second-order valence-corrected chi connectivity index (χ2v) is 4.95. The molecule has 20 heavy (non-hydrogen) atoms. The van der Waals surface area contributed by atoms with Gasteiger partial charge in [-0.2, -0.15) is 0 Å². The van der Waals surface area contributed by atoms with Crippen molar-refractivity contribution in [3.8, 4) is 0 Å². The number of carbonyl (C=O) groups is 1. The lowest BCUT2D eigenvalue weighted by Gasteiger charge is -2.16. The quantitative estimate of drug-likeness (QED) is 0.603. The normalized spacial score (nSPS) is 12.5. The minimum atomic E-state index is -0.286. The van der Waals surface area contributed by atoms with Crippen LogP contribution in [0.2, 0.25) is 0 Å². The summed E-state index contributed by atoms with van der Waals surface area (Å²) in [5, 5.41) is 4.45. The first-order chi connectivity index (χ1) is 9.76. The van der Waals surface area contributed by atoms with Gasteiger partial charge in [-0.05, 0) is 24.6 Å². The van der Waals surface area contributed by atoms with Crippen molar-refractivity contribution >= 4 is 16.9 Å². The third kappa shape index (κ3) is 3.39. The Balaban J connectivity index is 2.12. The highest BCUT2D eigenvalue weighted by Gasteiger charge is 2.20. The van der Waals surface area contributed by atoms with Crippen molar-refractivity contribution in [2.45, 2.75) is 32.2 Å².